The molecule has 0 aliphatic heterocycles. The molecule has 0 bridgehead atoms. The van der Waals surface area contributed by atoms with Crippen molar-refractivity contribution in [2.45, 2.75) is 11.4 Å². The molecule has 0 aromatic heterocycles. The normalized spacial score (nSPS) is 10.5. The number of hydrogen-bond acceptors (Lipinski definition) is 4. The first kappa shape index (κ1) is 16.0. The van der Waals surface area contributed by atoms with Crippen molar-refractivity contribution in [1.82, 2.24) is 5.32 Å². The monoisotopic (exact) mass is 366 g/mol. The summed E-state index contributed by atoms with van der Waals surface area (Å²) in [6.07, 6.45) is 0. The lowest BCUT2D eigenvalue weighted by Crippen LogP contribution is -2.16. The van der Waals surface area contributed by atoms with Gasteiger partial charge in [-0.05, 0) is 39.7 Å². The molecule has 0 unspecified atom stereocenters. The molecular weight excluding hydrogens is 352 g/mol. The molecule has 110 valence electrons. The molecule has 0 aliphatic rings. The minimum absolute atomic E-state index is 0.105. The maximum absolute atomic E-state index is 10.9. The Morgan fingerprint density at radius 3 is 2.67 bits per heavy atom. The fraction of sp³-hybridized carbons (Fsp3) is 0.200. The lowest BCUT2D eigenvalue weighted by atomic mass is 10.2. The third kappa shape index (κ3) is 5.15. The van der Waals surface area contributed by atoms with E-state index in [1.165, 1.54) is 4.90 Å². The summed E-state index contributed by atoms with van der Waals surface area (Å²) in [6, 6.07) is 15.4. The van der Waals surface area contributed by atoms with Gasteiger partial charge in [0.15, 0.2) is 0 Å². The zero-order valence-corrected chi connectivity index (χ0v) is 13.7. The lowest BCUT2D eigenvalue weighted by molar-refractivity contribution is -0.385. The van der Waals surface area contributed by atoms with Crippen LogP contribution in [0.5, 0.6) is 0 Å². The summed E-state index contributed by atoms with van der Waals surface area (Å²) in [5.74, 6) is 0.961. The van der Waals surface area contributed by atoms with Crippen molar-refractivity contribution in [1.29, 1.82) is 0 Å². The number of nitrogens with one attached hydrogen (secondary N) is 1. The molecule has 2 rings (SSSR count). The van der Waals surface area contributed by atoms with Crippen molar-refractivity contribution in [2.75, 3.05) is 12.3 Å². The highest BCUT2D eigenvalue weighted by molar-refractivity contribution is 9.10. The molecular formula is C15H15BrN2O2S. The number of halogens is 1. The summed E-state index contributed by atoms with van der Waals surface area (Å²) in [6.45, 7) is 1.48. The maximum atomic E-state index is 10.9. The molecule has 0 heterocycles. The molecule has 0 spiro atoms. The van der Waals surface area contributed by atoms with Crippen LogP contribution >= 0.6 is 27.7 Å². The van der Waals surface area contributed by atoms with Gasteiger partial charge in [-0.25, -0.2) is 0 Å². The van der Waals surface area contributed by atoms with Gasteiger partial charge in [0.2, 0.25) is 0 Å². The Kier molecular flexibility index (Phi) is 6.22. The second kappa shape index (κ2) is 8.17. The van der Waals surface area contributed by atoms with Crippen molar-refractivity contribution in [3.63, 3.8) is 0 Å². The van der Waals surface area contributed by atoms with Gasteiger partial charge >= 0.3 is 0 Å². The topological polar surface area (TPSA) is 55.2 Å². The number of nitro groups is 1. The van der Waals surface area contributed by atoms with Crippen LogP contribution in [0.4, 0.5) is 5.69 Å². The van der Waals surface area contributed by atoms with E-state index in [9.17, 15) is 10.1 Å². The summed E-state index contributed by atoms with van der Waals surface area (Å²) in [4.78, 5) is 11.7. The molecule has 21 heavy (non-hydrogen) atoms. The number of thioether (sulfide) groups is 1. The third-order valence-corrected chi connectivity index (χ3v) is 4.51. The molecule has 0 radical (unpaired) electrons. The molecule has 0 saturated carbocycles. The van der Waals surface area contributed by atoms with E-state index in [1.807, 2.05) is 24.3 Å². The van der Waals surface area contributed by atoms with E-state index in [4.69, 9.17) is 0 Å². The molecule has 0 aliphatic carbocycles. The van der Waals surface area contributed by atoms with Gasteiger partial charge in [0, 0.05) is 29.8 Å². The van der Waals surface area contributed by atoms with Crippen LogP contribution < -0.4 is 5.32 Å². The average Bonchev–Trinajstić information content (AvgIpc) is 2.49. The van der Waals surface area contributed by atoms with Crippen LogP contribution in [0, 0.1) is 10.1 Å². The summed E-state index contributed by atoms with van der Waals surface area (Å²) >= 11 is 4.97. The smallest absolute Gasteiger partial charge is 0.283 e. The molecule has 0 fully saturated rings. The molecule has 1 N–H and O–H groups in total. The largest absolute Gasteiger partial charge is 0.312 e. The Balaban J connectivity index is 1.76. The highest BCUT2D eigenvalue weighted by Gasteiger charge is 2.11. The fourth-order valence-corrected chi connectivity index (χ4v) is 3.02. The molecule has 0 saturated heterocycles. The van der Waals surface area contributed by atoms with E-state index in [2.05, 4.69) is 33.4 Å². The number of rotatable bonds is 7. The van der Waals surface area contributed by atoms with Crippen molar-refractivity contribution in [3.8, 4) is 0 Å². The molecule has 0 atom stereocenters. The maximum Gasteiger partial charge on any atom is 0.283 e. The molecule has 2 aromatic rings. The molecule has 2 aromatic carbocycles. The zero-order chi connectivity index (χ0) is 15.1. The van der Waals surface area contributed by atoms with Gasteiger partial charge in [-0.15, -0.1) is 11.8 Å². The van der Waals surface area contributed by atoms with Crippen LogP contribution in [-0.4, -0.2) is 17.2 Å². The fourth-order valence-electron chi connectivity index (χ4n) is 1.80. The van der Waals surface area contributed by atoms with E-state index in [1.54, 1.807) is 23.9 Å². The first-order valence-electron chi connectivity index (χ1n) is 6.48. The van der Waals surface area contributed by atoms with E-state index >= 15 is 0 Å². The number of benzene rings is 2. The van der Waals surface area contributed by atoms with Crippen LogP contribution in [0.25, 0.3) is 0 Å². The Hall–Kier alpha value is -1.37. The number of nitro benzene ring substituents is 1. The van der Waals surface area contributed by atoms with Crippen molar-refractivity contribution in [3.05, 3.63) is 68.7 Å². The predicted molar refractivity (Wildman–Crippen MR) is 89.7 cm³/mol. The molecule has 6 heteroatoms. The van der Waals surface area contributed by atoms with Gasteiger partial charge < -0.3 is 5.32 Å². The van der Waals surface area contributed by atoms with Crippen molar-refractivity contribution < 1.29 is 4.92 Å². The Morgan fingerprint density at radius 1 is 1.19 bits per heavy atom. The minimum atomic E-state index is -0.376. The number of hydrogen-bond donors (Lipinski definition) is 1. The van der Waals surface area contributed by atoms with Crippen molar-refractivity contribution in [2.24, 2.45) is 0 Å². The van der Waals surface area contributed by atoms with E-state index in [0.717, 1.165) is 17.9 Å². The van der Waals surface area contributed by atoms with Crippen LogP contribution in [0.1, 0.15) is 5.56 Å². The van der Waals surface area contributed by atoms with Crippen LogP contribution in [-0.2, 0) is 6.54 Å². The quantitative estimate of drug-likeness (QED) is 0.344. The zero-order valence-electron chi connectivity index (χ0n) is 11.3. The lowest BCUT2D eigenvalue weighted by Gasteiger charge is -2.06. The van der Waals surface area contributed by atoms with Crippen LogP contribution in [0.3, 0.4) is 0 Å². The molecule has 4 nitrogen and oxygen atoms in total. The van der Waals surface area contributed by atoms with Crippen molar-refractivity contribution >= 4 is 33.4 Å². The second-order valence-electron chi connectivity index (χ2n) is 4.38. The first-order chi connectivity index (χ1) is 10.2. The summed E-state index contributed by atoms with van der Waals surface area (Å²) in [5.41, 5.74) is 1.02. The Labute approximate surface area is 136 Å². The van der Waals surface area contributed by atoms with Gasteiger partial charge in [0.1, 0.15) is 0 Å². The standard InChI is InChI=1S/C15H15BrN2O2S/c16-14-7-6-12(10-15(14)18(19)20)11-17-8-9-21-13-4-2-1-3-5-13/h1-7,10,17H,8-9,11H2. The Bertz CT molecular complexity index is 608. The highest BCUT2D eigenvalue weighted by atomic mass is 79.9. The molecule has 0 amide bonds. The minimum Gasteiger partial charge on any atom is -0.312 e. The van der Waals surface area contributed by atoms with E-state index < -0.39 is 0 Å². The van der Waals surface area contributed by atoms with Gasteiger partial charge in [-0.3, -0.25) is 10.1 Å². The van der Waals surface area contributed by atoms with Gasteiger partial charge in [0.05, 0.1) is 9.40 Å². The van der Waals surface area contributed by atoms with Gasteiger partial charge in [0.25, 0.3) is 5.69 Å². The predicted octanol–water partition coefficient (Wildman–Crippen LogP) is 4.24. The third-order valence-electron chi connectivity index (χ3n) is 2.83. The summed E-state index contributed by atoms with van der Waals surface area (Å²) in [5, 5.41) is 14.2. The number of nitrogens with zero attached hydrogens (tertiary/aromatic N) is 1. The van der Waals surface area contributed by atoms with Crippen LogP contribution in [0.15, 0.2) is 57.9 Å². The van der Waals surface area contributed by atoms with Gasteiger partial charge in [-0.2, -0.15) is 0 Å². The van der Waals surface area contributed by atoms with E-state index in [0.29, 0.717) is 11.0 Å². The SMILES string of the molecule is O=[N+]([O-])c1cc(CNCCSc2ccccc2)ccc1Br. The summed E-state index contributed by atoms with van der Waals surface area (Å²) in [7, 11) is 0. The highest BCUT2D eigenvalue weighted by Crippen LogP contribution is 2.25. The second-order valence-corrected chi connectivity index (χ2v) is 6.40. The van der Waals surface area contributed by atoms with Crippen LogP contribution in [0.2, 0.25) is 0 Å². The van der Waals surface area contributed by atoms with Gasteiger partial charge in [-0.1, -0.05) is 24.3 Å². The Morgan fingerprint density at radius 2 is 1.95 bits per heavy atom. The first-order valence-corrected chi connectivity index (χ1v) is 8.26. The summed E-state index contributed by atoms with van der Waals surface area (Å²) < 4.78 is 0.510. The average molecular weight is 367 g/mol. The van der Waals surface area contributed by atoms with E-state index in [-0.39, 0.29) is 10.6 Å².